The lowest BCUT2D eigenvalue weighted by molar-refractivity contribution is 0.0954. The fourth-order valence-electron chi connectivity index (χ4n) is 2.88. The number of nitrogens with zero attached hydrogens (tertiary/aromatic N) is 3. The summed E-state index contributed by atoms with van der Waals surface area (Å²) < 4.78 is 1.83. The minimum absolute atomic E-state index is 0. The van der Waals surface area contributed by atoms with E-state index < -0.39 is 0 Å². The van der Waals surface area contributed by atoms with Gasteiger partial charge in [0.05, 0.1) is 16.3 Å². The second-order valence-electron chi connectivity index (χ2n) is 6.53. The zero-order valence-electron chi connectivity index (χ0n) is 17.2. The Labute approximate surface area is 204 Å². The Kier molecular flexibility index (Phi) is 10.3. The minimum atomic E-state index is -0.191. The van der Waals surface area contributed by atoms with Crippen molar-refractivity contribution in [3.8, 4) is 5.69 Å². The van der Waals surface area contributed by atoms with Crippen molar-refractivity contribution in [2.45, 2.75) is 6.42 Å². The second kappa shape index (κ2) is 13.0. The molecule has 0 radical (unpaired) electrons. The Morgan fingerprint density at radius 3 is 2.39 bits per heavy atom. The Morgan fingerprint density at radius 2 is 1.71 bits per heavy atom. The highest BCUT2D eigenvalue weighted by Gasteiger charge is 2.08. The van der Waals surface area contributed by atoms with Gasteiger partial charge in [0.25, 0.3) is 5.91 Å². The van der Waals surface area contributed by atoms with Crippen LogP contribution in [0.2, 0.25) is 5.02 Å². The van der Waals surface area contributed by atoms with Crippen LogP contribution in [0.25, 0.3) is 5.69 Å². The summed E-state index contributed by atoms with van der Waals surface area (Å²) in [7, 11) is 1.72. The van der Waals surface area contributed by atoms with Gasteiger partial charge in [-0.05, 0) is 42.3 Å². The standard InChI is InChI=1S/C22H25ClN6O.HI/c1-24-22(27-15-14-25-21(30)19-5-2-3-6-20(19)23)26-13-11-17-7-9-18(10-8-17)29-16-4-12-28-29;/h2-10,12,16H,11,13-15H2,1H3,(H,25,30)(H2,24,26,27);1H. The van der Waals surface area contributed by atoms with Gasteiger partial charge in [-0.25, -0.2) is 4.68 Å². The summed E-state index contributed by atoms with van der Waals surface area (Å²) in [5.74, 6) is 0.499. The molecule has 1 heterocycles. The van der Waals surface area contributed by atoms with Gasteiger partial charge in [0.2, 0.25) is 0 Å². The molecule has 31 heavy (non-hydrogen) atoms. The third-order valence-electron chi connectivity index (χ3n) is 4.46. The SMILES string of the molecule is CN=C(NCCNC(=O)c1ccccc1Cl)NCCc1ccc(-n2cccn2)cc1.I. The number of hydrogen-bond acceptors (Lipinski definition) is 3. The van der Waals surface area contributed by atoms with Gasteiger partial charge in [-0.3, -0.25) is 9.79 Å². The first-order chi connectivity index (χ1) is 14.7. The van der Waals surface area contributed by atoms with Crippen molar-refractivity contribution in [3.63, 3.8) is 0 Å². The zero-order chi connectivity index (χ0) is 21.2. The number of rotatable bonds is 8. The van der Waals surface area contributed by atoms with Crippen LogP contribution in [0.15, 0.2) is 72.0 Å². The summed E-state index contributed by atoms with van der Waals surface area (Å²) in [6, 6.07) is 17.2. The lowest BCUT2D eigenvalue weighted by Crippen LogP contribution is -2.42. The highest BCUT2D eigenvalue weighted by Crippen LogP contribution is 2.14. The van der Waals surface area contributed by atoms with E-state index in [1.54, 1.807) is 37.5 Å². The third-order valence-corrected chi connectivity index (χ3v) is 4.79. The third kappa shape index (κ3) is 7.55. The number of carbonyl (C=O) groups excluding carboxylic acids is 1. The number of guanidine groups is 1. The topological polar surface area (TPSA) is 83.3 Å². The van der Waals surface area contributed by atoms with Crippen molar-refractivity contribution in [3.05, 3.63) is 83.1 Å². The van der Waals surface area contributed by atoms with Crippen molar-refractivity contribution in [2.24, 2.45) is 4.99 Å². The molecule has 0 aliphatic rings. The van der Waals surface area contributed by atoms with E-state index in [0.29, 0.717) is 29.6 Å². The number of hydrogen-bond donors (Lipinski definition) is 3. The van der Waals surface area contributed by atoms with Gasteiger partial charge in [-0.1, -0.05) is 35.9 Å². The second-order valence-corrected chi connectivity index (χ2v) is 6.94. The number of amides is 1. The van der Waals surface area contributed by atoms with E-state index >= 15 is 0 Å². The van der Waals surface area contributed by atoms with Crippen LogP contribution in [0.5, 0.6) is 0 Å². The van der Waals surface area contributed by atoms with Gasteiger partial charge in [0.1, 0.15) is 0 Å². The smallest absolute Gasteiger partial charge is 0.252 e. The highest BCUT2D eigenvalue weighted by atomic mass is 127. The molecule has 1 amide bonds. The molecule has 3 N–H and O–H groups in total. The lowest BCUT2D eigenvalue weighted by atomic mass is 10.1. The number of halogens is 2. The molecule has 0 fully saturated rings. The van der Waals surface area contributed by atoms with Crippen molar-refractivity contribution in [1.29, 1.82) is 0 Å². The van der Waals surface area contributed by atoms with Crippen molar-refractivity contribution >= 4 is 47.4 Å². The molecule has 0 unspecified atom stereocenters. The van der Waals surface area contributed by atoms with Gasteiger partial charge >= 0.3 is 0 Å². The molecule has 3 rings (SSSR count). The van der Waals surface area contributed by atoms with Crippen molar-refractivity contribution < 1.29 is 4.79 Å². The highest BCUT2D eigenvalue weighted by molar-refractivity contribution is 14.0. The van der Waals surface area contributed by atoms with Crippen LogP contribution in [0.3, 0.4) is 0 Å². The van der Waals surface area contributed by atoms with Crippen LogP contribution in [0.1, 0.15) is 15.9 Å². The number of carbonyl (C=O) groups is 1. The predicted molar refractivity (Wildman–Crippen MR) is 136 cm³/mol. The number of benzene rings is 2. The molecular weight excluding hydrogens is 527 g/mol. The molecule has 0 spiro atoms. The molecule has 0 bridgehead atoms. The molecule has 2 aromatic carbocycles. The van der Waals surface area contributed by atoms with Crippen LogP contribution in [-0.2, 0) is 6.42 Å². The average molecular weight is 553 g/mol. The quantitative estimate of drug-likeness (QED) is 0.173. The summed E-state index contributed by atoms with van der Waals surface area (Å²) in [5, 5.41) is 14.0. The first-order valence-corrected chi connectivity index (χ1v) is 10.1. The molecule has 7 nitrogen and oxygen atoms in total. The Balaban J connectivity index is 0.00000341. The molecule has 0 atom stereocenters. The molecule has 164 valence electrons. The normalized spacial score (nSPS) is 10.8. The first-order valence-electron chi connectivity index (χ1n) is 9.73. The number of aliphatic imine (C=N–C) groups is 1. The Bertz CT molecular complexity index is 976. The van der Waals surface area contributed by atoms with E-state index in [1.807, 2.05) is 16.9 Å². The van der Waals surface area contributed by atoms with Gasteiger partial charge in [-0.2, -0.15) is 5.10 Å². The molecule has 3 aromatic rings. The van der Waals surface area contributed by atoms with E-state index in [4.69, 9.17) is 11.6 Å². The van der Waals surface area contributed by atoms with E-state index in [9.17, 15) is 4.79 Å². The van der Waals surface area contributed by atoms with E-state index in [2.05, 4.69) is 50.3 Å². The molecule has 0 saturated heterocycles. The number of aromatic nitrogens is 2. The fourth-order valence-corrected chi connectivity index (χ4v) is 3.10. The van der Waals surface area contributed by atoms with Crippen LogP contribution in [0.4, 0.5) is 0 Å². The number of nitrogens with one attached hydrogen (secondary N) is 3. The predicted octanol–water partition coefficient (Wildman–Crippen LogP) is 3.28. The van der Waals surface area contributed by atoms with E-state index in [1.165, 1.54) is 5.56 Å². The van der Waals surface area contributed by atoms with Gasteiger partial charge in [0.15, 0.2) is 5.96 Å². The first kappa shape index (κ1) is 24.7. The summed E-state index contributed by atoms with van der Waals surface area (Å²) in [6.07, 6.45) is 4.55. The van der Waals surface area contributed by atoms with Crippen molar-refractivity contribution in [2.75, 3.05) is 26.7 Å². The van der Waals surface area contributed by atoms with E-state index in [0.717, 1.165) is 18.7 Å². The lowest BCUT2D eigenvalue weighted by Gasteiger charge is -2.13. The maximum absolute atomic E-state index is 12.1. The van der Waals surface area contributed by atoms with Gasteiger partial charge in [-0.15, -0.1) is 24.0 Å². The molecule has 9 heteroatoms. The largest absolute Gasteiger partial charge is 0.356 e. The Morgan fingerprint density at radius 1 is 1.00 bits per heavy atom. The minimum Gasteiger partial charge on any atom is -0.356 e. The van der Waals surface area contributed by atoms with Crippen LogP contribution >= 0.6 is 35.6 Å². The van der Waals surface area contributed by atoms with E-state index in [-0.39, 0.29) is 29.9 Å². The summed E-state index contributed by atoms with van der Waals surface area (Å²) in [5.41, 5.74) is 2.73. The molecule has 0 saturated carbocycles. The maximum Gasteiger partial charge on any atom is 0.252 e. The fraction of sp³-hybridized carbons (Fsp3) is 0.227. The van der Waals surface area contributed by atoms with Crippen LogP contribution in [-0.4, -0.2) is 48.3 Å². The average Bonchev–Trinajstić information content (AvgIpc) is 3.31. The molecule has 0 aliphatic heterocycles. The molecular formula is C22H26ClIN6O. The summed E-state index contributed by atoms with van der Waals surface area (Å²) >= 11 is 6.04. The van der Waals surface area contributed by atoms with Crippen molar-refractivity contribution in [1.82, 2.24) is 25.7 Å². The van der Waals surface area contributed by atoms with Gasteiger partial charge < -0.3 is 16.0 Å². The van der Waals surface area contributed by atoms with Gasteiger partial charge in [0, 0.05) is 39.1 Å². The van der Waals surface area contributed by atoms with Crippen LogP contribution in [0, 0.1) is 0 Å². The molecule has 1 aromatic heterocycles. The molecule has 0 aliphatic carbocycles. The van der Waals surface area contributed by atoms with Crippen LogP contribution < -0.4 is 16.0 Å². The summed E-state index contributed by atoms with van der Waals surface area (Å²) in [6.45, 7) is 1.75. The maximum atomic E-state index is 12.1. The summed E-state index contributed by atoms with van der Waals surface area (Å²) in [4.78, 5) is 16.3. The monoisotopic (exact) mass is 552 g/mol. The zero-order valence-corrected chi connectivity index (χ0v) is 20.3. The Hall–Kier alpha value is -2.59.